The average molecular weight is 302 g/mol. The quantitative estimate of drug-likeness (QED) is 0.945. The standard InChI is InChI=1S/C16H19FN4O/c17-13-9-18-5-4-15(13)20-6-1-7-21-12(10-20)8-14(19-21)16(22)11-2-3-11/h4-5,8-9,11,16,22H,1-3,6-7,10H2/t16-/m1/s1. The normalized spacial score (nSPS) is 19.6. The van der Waals surface area contributed by atoms with Crippen molar-refractivity contribution in [3.05, 3.63) is 41.7 Å². The van der Waals surface area contributed by atoms with Crippen LogP contribution in [0.5, 0.6) is 0 Å². The predicted octanol–water partition coefficient (Wildman–Crippen LogP) is 2.27. The molecular formula is C16H19FN4O. The molecule has 0 radical (unpaired) electrons. The van der Waals surface area contributed by atoms with Gasteiger partial charge in [0, 0.05) is 19.3 Å². The van der Waals surface area contributed by atoms with Crippen molar-refractivity contribution in [2.24, 2.45) is 5.92 Å². The highest BCUT2D eigenvalue weighted by Gasteiger charge is 2.33. The van der Waals surface area contributed by atoms with Gasteiger partial charge in [0.2, 0.25) is 0 Å². The summed E-state index contributed by atoms with van der Waals surface area (Å²) in [5, 5.41) is 14.8. The molecular weight excluding hydrogens is 283 g/mol. The van der Waals surface area contributed by atoms with Crippen LogP contribution in [-0.2, 0) is 13.1 Å². The van der Waals surface area contributed by atoms with E-state index >= 15 is 0 Å². The molecule has 1 N–H and O–H groups in total. The Labute approximate surface area is 128 Å². The average Bonchev–Trinajstić information content (AvgIpc) is 3.32. The number of fused-ring (bicyclic) bond motifs is 1. The van der Waals surface area contributed by atoms with Gasteiger partial charge < -0.3 is 10.0 Å². The highest BCUT2D eigenvalue weighted by molar-refractivity contribution is 5.46. The summed E-state index contributed by atoms with van der Waals surface area (Å²) < 4.78 is 15.9. The molecule has 1 aliphatic carbocycles. The summed E-state index contributed by atoms with van der Waals surface area (Å²) in [6.45, 7) is 2.19. The van der Waals surface area contributed by atoms with E-state index in [0.717, 1.165) is 43.7 Å². The lowest BCUT2D eigenvalue weighted by Gasteiger charge is -2.22. The van der Waals surface area contributed by atoms with E-state index in [2.05, 4.69) is 10.1 Å². The topological polar surface area (TPSA) is 54.2 Å². The first-order valence-corrected chi connectivity index (χ1v) is 7.81. The summed E-state index contributed by atoms with van der Waals surface area (Å²) in [7, 11) is 0. The molecule has 2 aromatic rings. The molecule has 1 aliphatic heterocycles. The van der Waals surface area contributed by atoms with Crippen LogP contribution in [0, 0.1) is 11.7 Å². The van der Waals surface area contributed by atoms with Gasteiger partial charge >= 0.3 is 0 Å². The maximum absolute atomic E-state index is 14.0. The minimum Gasteiger partial charge on any atom is -0.386 e. The van der Waals surface area contributed by atoms with Crippen LogP contribution in [0.2, 0.25) is 0 Å². The second-order valence-electron chi connectivity index (χ2n) is 6.17. The maximum atomic E-state index is 14.0. The van der Waals surface area contributed by atoms with E-state index in [1.807, 2.05) is 15.6 Å². The fourth-order valence-corrected chi connectivity index (χ4v) is 3.11. The number of anilines is 1. The van der Waals surface area contributed by atoms with Crippen LogP contribution in [0.25, 0.3) is 0 Å². The second kappa shape index (κ2) is 5.35. The van der Waals surface area contributed by atoms with Gasteiger partial charge in [0.25, 0.3) is 0 Å². The predicted molar refractivity (Wildman–Crippen MR) is 79.8 cm³/mol. The molecule has 5 nitrogen and oxygen atoms in total. The molecule has 0 bridgehead atoms. The second-order valence-corrected chi connectivity index (χ2v) is 6.17. The zero-order valence-corrected chi connectivity index (χ0v) is 12.3. The molecule has 0 unspecified atom stereocenters. The van der Waals surface area contributed by atoms with Gasteiger partial charge in [0.1, 0.15) is 6.10 Å². The van der Waals surface area contributed by atoms with Crippen molar-refractivity contribution in [3.63, 3.8) is 0 Å². The van der Waals surface area contributed by atoms with Gasteiger partial charge in [-0.15, -0.1) is 0 Å². The monoisotopic (exact) mass is 302 g/mol. The Morgan fingerprint density at radius 1 is 1.32 bits per heavy atom. The van der Waals surface area contributed by atoms with Crippen LogP contribution in [0.4, 0.5) is 10.1 Å². The molecule has 1 fully saturated rings. The van der Waals surface area contributed by atoms with Crippen LogP contribution in [-0.4, -0.2) is 26.4 Å². The van der Waals surface area contributed by atoms with Crippen molar-refractivity contribution < 1.29 is 9.50 Å². The van der Waals surface area contributed by atoms with Crippen LogP contribution in [0.3, 0.4) is 0 Å². The van der Waals surface area contributed by atoms with Gasteiger partial charge in [0.05, 0.1) is 29.8 Å². The summed E-state index contributed by atoms with van der Waals surface area (Å²) in [6.07, 6.45) is 5.47. The Kier molecular flexibility index (Phi) is 3.33. The molecule has 0 aromatic carbocycles. The summed E-state index contributed by atoms with van der Waals surface area (Å²) in [5.74, 6) is 0.0709. The number of nitrogens with zero attached hydrogens (tertiary/aromatic N) is 4. The third-order valence-corrected chi connectivity index (χ3v) is 4.50. The summed E-state index contributed by atoms with van der Waals surface area (Å²) >= 11 is 0. The number of aromatic nitrogens is 3. The van der Waals surface area contributed by atoms with Gasteiger partial charge in [-0.2, -0.15) is 5.10 Å². The zero-order valence-electron chi connectivity index (χ0n) is 12.3. The van der Waals surface area contributed by atoms with Crippen molar-refractivity contribution >= 4 is 5.69 Å². The zero-order chi connectivity index (χ0) is 15.1. The highest BCUT2D eigenvalue weighted by Crippen LogP contribution is 2.40. The Hall–Kier alpha value is -1.95. The Bertz CT molecular complexity index is 683. The molecule has 22 heavy (non-hydrogen) atoms. The fourth-order valence-electron chi connectivity index (χ4n) is 3.11. The van der Waals surface area contributed by atoms with Crippen molar-refractivity contribution in [1.29, 1.82) is 0 Å². The summed E-state index contributed by atoms with van der Waals surface area (Å²) in [4.78, 5) is 5.83. The number of hydrogen-bond acceptors (Lipinski definition) is 4. The van der Waals surface area contributed by atoms with E-state index in [4.69, 9.17) is 0 Å². The fraction of sp³-hybridized carbons (Fsp3) is 0.500. The molecule has 2 aromatic heterocycles. The molecule has 0 amide bonds. The van der Waals surface area contributed by atoms with Crippen LogP contribution in [0.15, 0.2) is 24.5 Å². The Morgan fingerprint density at radius 2 is 2.18 bits per heavy atom. The number of hydrogen-bond donors (Lipinski definition) is 1. The van der Waals surface area contributed by atoms with Gasteiger partial charge in [-0.1, -0.05) is 0 Å². The third-order valence-electron chi connectivity index (χ3n) is 4.50. The molecule has 0 saturated heterocycles. The molecule has 3 heterocycles. The molecule has 0 spiro atoms. The van der Waals surface area contributed by atoms with Gasteiger partial charge in [-0.3, -0.25) is 9.67 Å². The number of aryl methyl sites for hydroxylation is 1. The van der Waals surface area contributed by atoms with E-state index in [1.54, 1.807) is 12.3 Å². The summed E-state index contributed by atoms with van der Waals surface area (Å²) in [5.41, 5.74) is 2.37. The van der Waals surface area contributed by atoms with Crippen LogP contribution >= 0.6 is 0 Å². The van der Waals surface area contributed by atoms with Gasteiger partial charge in [-0.05, 0) is 37.3 Å². The molecule has 1 saturated carbocycles. The number of aliphatic hydroxyl groups excluding tert-OH is 1. The highest BCUT2D eigenvalue weighted by atomic mass is 19.1. The smallest absolute Gasteiger partial charge is 0.164 e. The van der Waals surface area contributed by atoms with Crippen molar-refractivity contribution in [3.8, 4) is 0 Å². The van der Waals surface area contributed by atoms with E-state index in [0.29, 0.717) is 18.2 Å². The largest absolute Gasteiger partial charge is 0.386 e. The first kappa shape index (κ1) is 13.7. The minimum absolute atomic E-state index is 0.297. The van der Waals surface area contributed by atoms with Crippen molar-refractivity contribution in [1.82, 2.24) is 14.8 Å². The van der Waals surface area contributed by atoms with E-state index < -0.39 is 6.10 Å². The number of aliphatic hydroxyl groups is 1. The lowest BCUT2D eigenvalue weighted by Crippen LogP contribution is -2.23. The minimum atomic E-state index is -0.453. The van der Waals surface area contributed by atoms with Crippen LogP contribution in [0.1, 0.15) is 36.8 Å². The first-order chi connectivity index (χ1) is 10.7. The first-order valence-electron chi connectivity index (χ1n) is 7.81. The molecule has 6 heteroatoms. The van der Waals surface area contributed by atoms with Gasteiger partial charge in [0.15, 0.2) is 5.82 Å². The van der Waals surface area contributed by atoms with E-state index in [1.165, 1.54) is 6.20 Å². The van der Waals surface area contributed by atoms with Crippen molar-refractivity contribution in [2.45, 2.75) is 38.5 Å². The maximum Gasteiger partial charge on any atom is 0.164 e. The molecule has 2 aliphatic rings. The Balaban J connectivity index is 1.61. The number of halogens is 1. The molecule has 116 valence electrons. The van der Waals surface area contributed by atoms with E-state index in [9.17, 15) is 9.50 Å². The third kappa shape index (κ3) is 2.47. The number of pyridine rings is 1. The summed E-state index contributed by atoms with van der Waals surface area (Å²) in [6, 6.07) is 3.68. The van der Waals surface area contributed by atoms with Crippen LogP contribution < -0.4 is 4.90 Å². The van der Waals surface area contributed by atoms with E-state index in [-0.39, 0.29) is 5.82 Å². The SMILES string of the molecule is O[C@@H](c1cc2n(n1)CCCN(c1ccncc1F)C2)C1CC1. The molecule has 1 atom stereocenters. The lowest BCUT2D eigenvalue weighted by molar-refractivity contribution is 0.148. The van der Waals surface area contributed by atoms with Gasteiger partial charge in [-0.25, -0.2) is 4.39 Å². The molecule has 4 rings (SSSR count). The van der Waals surface area contributed by atoms with Crippen molar-refractivity contribution in [2.75, 3.05) is 11.4 Å². The number of rotatable bonds is 3. The lowest BCUT2D eigenvalue weighted by atomic mass is 10.1. The Morgan fingerprint density at radius 3 is 2.95 bits per heavy atom.